The van der Waals surface area contributed by atoms with Crippen LogP contribution in [0.2, 0.25) is 10.0 Å². The first-order valence-corrected chi connectivity index (χ1v) is 7.66. The third-order valence-electron chi connectivity index (χ3n) is 2.45. The van der Waals surface area contributed by atoms with Gasteiger partial charge in [0.15, 0.2) is 0 Å². The van der Waals surface area contributed by atoms with Gasteiger partial charge in [0.1, 0.15) is 5.69 Å². The Morgan fingerprint density at radius 2 is 1.76 bits per heavy atom. The molecule has 112 valence electrons. The first kappa shape index (κ1) is 16.9. The van der Waals surface area contributed by atoms with Crippen molar-refractivity contribution in [2.45, 2.75) is 6.18 Å². The van der Waals surface area contributed by atoms with E-state index in [4.69, 9.17) is 23.2 Å². The topological polar surface area (TPSA) is 17.8 Å². The number of rotatable bonds is 2. The molecular weight excluding hydrogens is 460 g/mol. The highest BCUT2D eigenvalue weighted by Crippen LogP contribution is 2.37. The lowest BCUT2D eigenvalue weighted by Gasteiger charge is -2.12. The molecule has 0 radical (unpaired) electrons. The summed E-state index contributed by atoms with van der Waals surface area (Å²) in [6.07, 6.45) is 0.315. The summed E-state index contributed by atoms with van der Waals surface area (Å²) in [6.45, 7) is 0. The van der Waals surface area contributed by atoms with E-state index in [2.05, 4.69) is 37.0 Å². The number of nitrogens with zero attached hydrogens (tertiary/aromatic N) is 2. The summed E-state index contributed by atoms with van der Waals surface area (Å²) in [7, 11) is 0. The highest BCUT2D eigenvalue weighted by molar-refractivity contribution is 9.28. The van der Waals surface area contributed by atoms with Crippen molar-refractivity contribution in [2.75, 3.05) is 0 Å². The van der Waals surface area contributed by atoms with E-state index in [1.54, 1.807) is 12.3 Å². The van der Waals surface area contributed by atoms with Gasteiger partial charge in [0.05, 0.1) is 25.2 Å². The first-order valence-electron chi connectivity index (χ1n) is 5.32. The number of hydrogen-bond acceptors (Lipinski definition) is 1. The summed E-state index contributed by atoms with van der Waals surface area (Å²) < 4.78 is 40.0. The van der Waals surface area contributed by atoms with Gasteiger partial charge in [-0.1, -0.05) is 23.2 Å². The van der Waals surface area contributed by atoms with E-state index >= 15 is 0 Å². The quantitative estimate of drug-likeness (QED) is 0.511. The van der Waals surface area contributed by atoms with Crippen LogP contribution >= 0.6 is 55.1 Å². The molecule has 21 heavy (non-hydrogen) atoms. The monoisotopic (exact) mass is 462 g/mol. The normalized spacial score (nSPS) is 11.6. The summed E-state index contributed by atoms with van der Waals surface area (Å²) in [6, 6.07) is 1.64. The molecule has 0 saturated heterocycles. The largest absolute Gasteiger partial charge is 0.416 e. The zero-order valence-electron chi connectivity index (χ0n) is 9.93. The summed E-state index contributed by atoms with van der Waals surface area (Å²) in [5, 5.41) is 3.77. The van der Waals surface area contributed by atoms with Crippen LogP contribution in [0.5, 0.6) is 0 Å². The van der Waals surface area contributed by atoms with Gasteiger partial charge in [0.2, 0.25) is 0 Å². The Balaban J connectivity index is 2.50. The van der Waals surface area contributed by atoms with Crippen LogP contribution in [0.4, 0.5) is 13.2 Å². The third-order valence-corrected chi connectivity index (χ3v) is 3.49. The maximum atomic E-state index is 12.7. The minimum absolute atomic E-state index is 0.133. The molecule has 0 saturated carbocycles. The fraction of sp³-hybridized carbons (Fsp3) is 0.0833. The minimum atomic E-state index is -4.51. The van der Waals surface area contributed by atoms with Gasteiger partial charge < -0.3 is 0 Å². The SMILES string of the molecule is FC(F)(F)c1cc(Cl)c(-n2cc(C=C(Br)Br)cn2)c(Cl)c1. The molecule has 0 fully saturated rings. The predicted molar refractivity (Wildman–Crippen MR) is 84.4 cm³/mol. The second-order valence-corrected chi connectivity index (χ2v) is 7.53. The average Bonchev–Trinajstić information content (AvgIpc) is 2.74. The van der Waals surface area contributed by atoms with Crippen LogP contribution < -0.4 is 0 Å². The smallest absolute Gasteiger partial charge is 0.237 e. The second kappa shape index (κ2) is 6.32. The maximum absolute atomic E-state index is 12.7. The van der Waals surface area contributed by atoms with Gasteiger partial charge in [-0.15, -0.1) is 0 Å². The highest BCUT2D eigenvalue weighted by atomic mass is 79.9. The van der Waals surface area contributed by atoms with E-state index in [1.807, 2.05) is 0 Å². The van der Waals surface area contributed by atoms with Gasteiger partial charge in [-0.25, -0.2) is 4.68 Å². The molecule has 0 aliphatic carbocycles. The molecule has 0 N–H and O–H groups in total. The maximum Gasteiger partial charge on any atom is 0.416 e. The predicted octanol–water partition coefficient (Wildman–Crippen LogP) is 6.29. The van der Waals surface area contributed by atoms with Gasteiger partial charge in [0, 0.05) is 11.8 Å². The number of hydrogen-bond donors (Lipinski definition) is 0. The Morgan fingerprint density at radius 3 is 2.24 bits per heavy atom. The van der Waals surface area contributed by atoms with E-state index in [9.17, 15) is 13.2 Å². The zero-order valence-corrected chi connectivity index (χ0v) is 14.6. The molecule has 0 unspecified atom stereocenters. The van der Waals surface area contributed by atoms with Crippen LogP contribution in [-0.4, -0.2) is 9.78 Å². The van der Waals surface area contributed by atoms with Crippen LogP contribution in [0.25, 0.3) is 11.8 Å². The molecule has 0 bridgehead atoms. The average molecular weight is 465 g/mol. The highest BCUT2D eigenvalue weighted by Gasteiger charge is 2.32. The zero-order chi connectivity index (χ0) is 15.8. The Morgan fingerprint density at radius 1 is 1.19 bits per heavy atom. The molecule has 0 atom stereocenters. The van der Waals surface area contributed by atoms with Crippen molar-refractivity contribution < 1.29 is 13.2 Å². The molecule has 0 aliphatic rings. The van der Waals surface area contributed by atoms with Crippen molar-refractivity contribution in [1.29, 1.82) is 0 Å². The first-order chi connectivity index (χ1) is 9.68. The van der Waals surface area contributed by atoms with E-state index in [0.29, 0.717) is 8.96 Å². The number of alkyl halides is 3. The summed E-state index contributed by atoms with van der Waals surface area (Å²) in [5.74, 6) is 0. The molecule has 1 heterocycles. The number of halogens is 7. The van der Waals surface area contributed by atoms with Crippen molar-refractivity contribution in [3.63, 3.8) is 0 Å². The van der Waals surface area contributed by atoms with Crippen LogP contribution in [0.3, 0.4) is 0 Å². The molecule has 2 rings (SSSR count). The molecule has 0 aliphatic heterocycles. The van der Waals surface area contributed by atoms with Gasteiger partial charge in [-0.05, 0) is 50.1 Å². The fourth-order valence-corrected chi connectivity index (χ4v) is 2.80. The van der Waals surface area contributed by atoms with Gasteiger partial charge in [0.25, 0.3) is 0 Å². The van der Waals surface area contributed by atoms with Gasteiger partial charge in [-0.3, -0.25) is 0 Å². The van der Waals surface area contributed by atoms with Gasteiger partial charge in [-0.2, -0.15) is 18.3 Å². The molecular formula is C12H5Br2Cl2F3N2. The summed E-state index contributed by atoms with van der Waals surface area (Å²) in [5.41, 5.74) is -0.000752. The molecule has 1 aromatic carbocycles. The van der Waals surface area contributed by atoms with Crippen LogP contribution in [-0.2, 0) is 6.18 Å². The lowest BCUT2D eigenvalue weighted by atomic mass is 10.2. The lowest BCUT2D eigenvalue weighted by Crippen LogP contribution is -2.06. The Bertz CT molecular complexity index is 684. The van der Waals surface area contributed by atoms with E-state index in [0.717, 1.165) is 12.1 Å². The molecule has 9 heteroatoms. The molecule has 2 nitrogen and oxygen atoms in total. The Labute approximate surface area is 144 Å². The Hall–Kier alpha value is -0.500. The molecule has 0 spiro atoms. The summed E-state index contributed by atoms with van der Waals surface area (Å²) >= 11 is 18.2. The standard InChI is InChI=1S/C12H5Br2Cl2F3N2/c13-10(14)1-6-4-20-21(5-6)11-8(15)2-7(3-9(11)16)12(17,18)19/h1-5H. The van der Waals surface area contributed by atoms with Crippen molar-refractivity contribution >= 4 is 61.1 Å². The minimum Gasteiger partial charge on any atom is -0.237 e. The van der Waals surface area contributed by atoms with Crippen molar-refractivity contribution in [2.24, 2.45) is 0 Å². The van der Waals surface area contributed by atoms with Gasteiger partial charge >= 0.3 is 6.18 Å². The van der Waals surface area contributed by atoms with Crippen LogP contribution in [0.1, 0.15) is 11.1 Å². The molecule has 0 amide bonds. The van der Waals surface area contributed by atoms with E-state index in [-0.39, 0.29) is 15.7 Å². The van der Waals surface area contributed by atoms with Crippen LogP contribution in [0, 0.1) is 0 Å². The lowest BCUT2D eigenvalue weighted by molar-refractivity contribution is -0.137. The van der Waals surface area contributed by atoms with E-state index < -0.39 is 11.7 Å². The fourth-order valence-electron chi connectivity index (χ4n) is 1.61. The van der Waals surface area contributed by atoms with Crippen molar-refractivity contribution in [1.82, 2.24) is 9.78 Å². The third kappa shape index (κ3) is 4.03. The molecule has 2 aromatic rings. The molecule has 1 aromatic heterocycles. The van der Waals surface area contributed by atoms with E-state index in [1.165, 1.54) is 10.9 Å². The number of benzene rings is 1. The second-order valence-electron chi connectivity index (χ2n) is 3.94. The van der Waals surface area contributed by atoms with Crippen molar-refractivity contribution in [3.05, 3.63) is 49.1 Å². The van der Waals surface area contributed by atoms with Crippen molar-refractivity contribution in [3.8, 4) is 5.69 Å². The number of aromatic nitrogens is 2. The Kier molecular flexibility index (Phi) is 5.07. The summed E-state index contributed by atoms with van der Waals surface area (Å²) in [4.78, 5) is 0. The van der Waals surface area contributed by atoms with Crippen LogP contribution in [0.15, 0.2) is 27.9 Å².